The molecule has 0 amide bonds. The third-order valence-electron chi connectivity index (χ3n) is 23.6. The van der Waals surface area contributed by atoms with Gasteiger partial charge < -0.3 is 54.8 Å². The average Bonchev–Trinajstić information content (AvgIpc) is 0.777. The number of anilines is 6. The predicted molar refractivity (Wildman–Crippen MR) is 549 cm³/mol. The first-order valence-electron chi connectivity index (χ1n) is 40.6. The number of nitrogen functional groups attached to an aromatic ring is 6. The van der Waals surface area contributed by atoms with Gasteiger partial charge in [-0.15, -0.1) is 0 Å². The van der Waals surface area contributed by atoms with Crippen LogP contribution >= 0.6 is 120 Å². The molecule has 21 rings (SSSR count). The van der Waals surface area contributed by atoms with Gasteiger partial charge in [0.1, 0.15) is 23.0 Å². The Balaban J connectivity index is 0.000000118. The highest BCUT2D eigenvalue weighted by atomic mass is 35.5. The first kappa shape index (κ1) is 93.8. The summed E-state index contributed by atoms with van der Waals surface area (Å²) in [6.45, 7) is 12.4. The van der Waals surface area contributed by atoms with Crippen LogP contribution in [0.2, 0.25) is 20.1 Å². The minimum absolute atomic E-state index is 0.0411. The number of nitrogens with two attached hydrogens (primary N) is 6. The molecule has 0 unspecified atom stereocenters. The SMILES string of the molecule is Cc1cc(Cl)c2c(c1Cl)C(=O)c1ccccc1C2=S.Cc1cc(Cl)c2c(c1Cl)C(=S)c1ccccc1C2=O.Cc1cc(N)c2c(c1N)C(=O)c1ccccc1C2=O.Cc1cc(N)c2c(c1N)C(=O)c1ccccc1C2=S.Cc1cc(N)c2c(c1N)C(=S)c1ccccc1C2=O.Cc1cc(O)c2c(c1O)C(=O)c1ccccc1C2=S.Cc1cc(O)c2c(c1O)C(=S)c1ccccc1C2=O. The Morgan fingerprint density at radius 1 is 0.211 bits per heavy atom. The number of phenolic OH excluding ortho intramolecular Hbond substituents is 4. The van der Waals surface area contributed by atoms with Crippen molar-refractivity contribution >= 4 is 229 Å². The number of hydrogen-bond donors (Lipinski definition) is 10. The Hall–Kier alpha value is -13.9. The van der Waals surface area contributed by atoms with Crippen LogP contribution in [0.15, 0.2) is 212 Å². The van der Waals surface area contributed by atoms with Crippen molar-refractivity contribution in [2.75, 3.05) is 34.4 Å². The van der Waals surface area contributed by atoms with E-state index in [0.717, 1.165) is 44.5 Å². The zero-order valence-corrected chi connectivity index (χ0v) is 79.1. The summed E-state index contributed by atoms with van der Waals surface area (Å²) in [5, 5.41) is 42.0. The molecular weight excluding hydrogens is 1870 g/mol. The minimum atomic E-state index is -0.313. The molecule has 0 saturated carbocycles. The van der Waals surface area contributed by atoms with Crippen LogP contribution < -0.4 is 34.4 Å². The van der Waals surface area contributed by atoms with Crippen LogP contribution in [0.3, 0.4) is 0 Å². The number of halogens is 4. The lowest BCUT2D eigenvalue weighted by molar-refractivity contribution is 0.0980. The van der Waals surface area contributed by atoms with E-state index in [9.17, 15) is 58.8 Å². The maximum atomic E-state index is 12.6. The first-order chi connectivity index (χ1) is 63.1. The van der Waals surface area contributed by atoms with E-state index in [-0.39, 0.29) is 103 Å². The summed E-state index contributed by atoms with van der Waals surface area (Å²) in [6.07, 6.45) is 0. The summed E-state index contributed by atoms with van der Waals surface area (Å²) in [5.74, 6) is -1.92. The molecule has 0 aliphatic heterocycles. The molecule has 658 valence electrons. The van der Waals surface area contributed by atoms with Crippen LogP contribution in [0, 0.1) is 48.5 Å². The molecule has 0 fully saturated rings. The molecule has 14 aromatic rings. The largest absolute Gasteiger partial charge is 0.507 e. The van der Waals surface area contributed by atoms with Crippen LogP contribution in [0.5, 0.6) is 23.0 Å². The average molecular weight is 1940 g/mol. The second-order valence-electron chi connectivity index (χ2n) is 31.9. The number of hydrogen-bond acceptors (Lipinski definition) is 24. The van der Waals surface area contributed by atoms with Gasteiger partial charge in [-0.1, -0.05) is 290 Å². The fourth-order valence-electron chi connectivity index (χ4n) is 16.9. The van der Waals surface area contributed by atoms with Gasteiger partial charge in [-0.05, 0) is 130 Å². The van der Waals surface area contributed by atoms with Gasteiger partial charge in [-0.3, -0.25) is 38.4 Å². The standard InChI is InChI=1S/2C15H8Cl2OS.C15H12N2O2.2C15H12N2OS.2C15H10O3S/c1-7-6-10(16)11-12(13(7)17)14(18)8-4-2-3-5-9(8)15(11)19;2*1-7-6-10(16)11-12(13(7)17)15(19)9-5-3-2-4-8(9)14(11)18;1-7-6-10(16)11-12(13(7)17)14(18)8-4-2-3-5-9(8)15(11)19;1-7-6-10(16)11-12(13(7)17)15(19)9-5-3-2-4-8(9)14(11)18;1-7-6-10(16)11-12(13(7)17)14(18)8-4-2-3-5-9(8)15(11)19;1-7-6-10(16)11-12(13(7)17)15(19)9-5-3-2-4-8(9)14(11)18/h2*2-6H,1H3;3*2-6H,16-17H2,1H3;2*2-6,16-17H,1H3. The molecule has 16 N–H and O–H groups in total. The van der Waals surface area contributed by atoms with E-state index in [2.05, 4.69) is 0 Å². The van der Waals surface area contributed by atoms with E-state index in [4.69, 9.17) is 154 Å². The lowest BCUT2D eigenvalue weighted by Crippen LogP contribution is -2.24. The normalized spacial score (nSPS) is 13.1. The molecule has 7 aliphatic rings. The summed E-state index contributed by atoms with van der Waals surface area (Å²) >= 11 is 57.6. The number of rotatable bonds is 0. The molecule has 18 nitrogen and oxygen atoms in total. The second-order valence-corrected chi connectivity index (χ2v) is 35.9. The number of benzene rings is 14. The molecule has 14 aromatic carbocycles. The van der Waals surface area contributed by atoms with E-state index in [1.165, 1.54) is 12.1 Å². The van der Waals surface area contributed by atoms with E-state index < -0.39 is 0 Å². The molecule has 0 heterocycles. The topological polar surface area (TPSA) is 374 Å². The third kappa shape index (κ3) is 16.0. The van der Waals surface area contributed by atoms with Crippen molar-refractivity contribution in [3.8, 4) is 23.0 Å². The molecular formula is C105H72Cl4N6O12S6. The third-order valence-corrected chi connectivity index (χ3v) is 27.8. The highest BCUT2D eigenvalue weighted by Gasteiger charge is 2.40. The van der Waals surface area contributed by atoms with E-state index in [1.54, 1.807) is 148 Å². The summed E-state index contributed by atoms with van der Waals surface area (Å²) < 4.78 is 0. The zero-order valence-electron chi connectivity index (χ0n) is 71.2. The highest BCUT2D eigenvalue weighted by molar-refractivity contribution is 7.82. The first-order valence-corrected chi connectivity index (χ1v) is 44.5. The Labute approximate surface area is 814 Å². The van der Waals surface area contributed by atoms with E-state index in [1.807, 2.05) is 100 Å². The van der Waals surface area contributed by atoms with Crippen molar-refractivity contribution in [3.63, 3.8) is 0 Å². The van der Waals surface area contributed by atoms with Gasteiger partial charge in [0.25, 0.3) is 0 Å². The second kappa shape index (κ2) is 36.7. The number of aryl methyl sites for hydroxylation is 7. The Bertz CT molecular complexity index is 6530. The number of ketones is 8. The molecule has 0 saturated heterocycles. The molecule has 7 aliphatic carbocycles. The Morgan fingerprint density at radius 2 is 0.436 bits per heavy atom. The highest BCUT2D eigenvalue weighted by Crippen LogP contribution is 2.47. The van der Waals surface area contributed by atoms with Gasteiger partial charge in [-0.25, -0.2) is 0 Å². The van der Waals surface area contributed by atoms with Gasteiger partial charge in [0, 0.05) is 140 Å². The van der Waals surface area contributed by atoms with Crippen LogP contribution in [0.25, 0.3) is 0 Å². The number of carbonyl (C=O) groups is 8. The summed E-state index contributed by atoms with van der Waals surface area (Å²) in [4.78, 5) is 103. The van der Waals surface area contributed by atoms with E-state index >= 15 is 0 Å². The van der Waals surface area contributed by atoms with Crippen molar-refractivity contribution in [2.45, 2.75) is 48.5 Å². The van der Waals surface area contributed by atoms with Crippen molar-refractivity contribution in [1.29, 1.82) is 0 Å². The fourth-order valence-corrected chi connectivity index (χ4v) is 20.5. The van der Waals surface area contributed by atoms with Crippen molar-refractivity contribution in [3.05, 3.63) is 427 Å². The van der Waals surface area contributed by atoms with Crippen molar-refractivity contribution in [1.82, 2.24) is 0 Å². The van der Waals surface area contributed by atoms with Crippen LogP contribution in [0.4, 0.5) is 34.1 Å². The van der Waals surface area contributed by atoms with Crippen LogP contribution in [-0.2, 0) is 0 Å². The maximum Gasteiger partial charge on any atom is 0.198 e. The van der Waals surface area contributed by atoms with Gasteiger partial charge in [0.15, 0.2) is 46.3 Å². The lowest BCUT2D eigenvalue weighted by Gasteiger charge is -2.23. The van der Waals surface area contributed by atoms with Crippen LogP contribution in [0.1, 0.15) is 233 Å². The molecule has 0 spiro atoms. The Kier molecular flexibility index (Phi) is 25.9. The molecule has 0 bridgehead atoms. The summed E-state index contributed by atoms with van der Waals surface area (Å²) in [5.41, 5.74) is 57.0. The number of thiocarbonyl (C=S) groups is 6. The quantitative estimate of drug-likeness (QED) is 0.0383. The van der Waals surface area contributed by atoms with Crippen molar-refractivity contribution in [2.24, 2.45) is 0 Å². The lowest BCUT2D eigenvalue weighted by atomic mass is 9.81. The smallest absolute Gasteiger partial charge is 0.198 e. The Morgan fingerprint density at radius 3 is 0.812 bits per heavy atom. The molecule has 0 radical (unpaired) electrons. The molecule has 28 heteroatoms. The summed E-state index contributed by atoms with van der Waals surface area (Å²) in [7, 11) is 0. The number of fused-ring (bicyclic) bond motifs is 14. The fraction of sp³-hybridized carbons (Fsp3) is 0.0667. The van der Waals surface area contributed by atoms with Gasteiger partial charge >= 0.3 is 0 Å². The van der Waals surface area contributed by atoms with Crippen LogP contribution in [-0.4, -0.2) is 95.9 Å². The molecule has 133 heavy (non-hydrogen) atoms. The number of phenols is 4. The van der Waals surface area contributed by atoms with Gasteiger partial charge in [-0.2, -0.15) is 0 Å². The van der Waals surface area contributed by atoms with Crippen molar-refractivity contribution < 1.29 is 58.8 Å². The summed E-state index contributed by atoms with van der Waals surface area (Å²) in [6, 6.07) is 61.1. The molecule has 0 atom stereocenters. The zero-order chi connectivity index (χ0) is 96.1. The number of aromatic hydroxyl groups is 4. The van der Waals surface area contributed by atoms with E-state index in [0.29, 0.717) is 200 Å². The minimum Gasteiger partial charge on any atom is -0.507 e. The van der Waals surface area contributed by atoms with Gasteiger partial charge in [0.05, 0.1) is 99.3 Å². The predicted octanol–water partition coefficient (Wildman–Crippen LogP) is 21.5. The van der Waals surface area contributed by atoms with Gasteiger partial charge in [0.2, 0.25) is 0 Å². The molecule has 0 aromatic heterocycles. The maximum absolute atomic E-state index is 12.6. The monoisotopic (exact) mass is 1940 g/mol. The number of carbonyl (C=O) groups excluding carboxylic acids is 8.